The molecule has 0 aliphatic heterocycles. The van der Waals surface area contributed by atoms with Crippen LogP contribution in [-0.4, -0.2) is 45.2 Å². The average Bonchev–Trinajstić information content (AvgIpc) is 2.36. The van der Waals surface area contributed by atoms with Gasteiger partial charge in [0.05, 0.1) is 7.11 Å². The second-order valence-corrected chi connectivity index (χ2v) is 4.05. The van der Waals surface area contributed by atoms with Crippen LogP contribution >= 0.6 is 0 Å². The van der Waals surface area contributed by atoms with Crippen molar-refractivity contribution in [3.05, 3.63) is 35.9 Å². The Morgan fingerprint density at radius 1 is 1.33 bits per heavy atom. The van der Waals surface area contributed by atoms with Gasteiger partial charge in [0.1, 0.15) is 12.4 Å². The summed E-state index contributed by atoms with van der Waals surface area (Å²) in [6, 6.07) is 7.49. The summed E-state index contributed by atoms with van der Waals surface area (Å²) >= 11 is 0. The number of methoxy groups -OCH3 is 1. The molecule has 0 saturated heterocycles. The summed E-state index contributed by atoms with van der Waals surface area (Å²) in [5.74, 6) is 0.387. The first-order valence-electron chi connectivity index (χ1n) is 5.76. The van der Waals surface area contributed by atoms with Gasteiger partial charge >= 0.3 is 5.97 Å². The van der Waals surface area contributed by atoms with Crippen LogP contribution in [0, 0.1) is 0 Å². The molecule has 0 saturated carbocycles. The van der Waals surface area contributed by atoms with Crippen LogP contribution in [0.5, 0.6) is 5.75 Å². The Balaban J connectivity index is 2.50. The van der Waals surface area contributed by atoms with Crippen molar-refractivity contribution in [1.29, 1.82) is 0 Å². The lowest BCUT2D eigenvalue weighted by atomic mass is 10.2. The van der Waals surface area contributed by atoms with E-state index in [1.54, 1.807) is 13.2 Å². The van der Waals surface area contributed by atoms with Crippen LogP contribution in [0.1, 0.15) is 5.56 Å². The number of hydrogen-bond acceptors (Lipinski definition) is 4. The Kier molecular flexibility index (Phi) is 5.94. The number of carbonyl (C=O) groups excluding carboxylic acids is 1. The summed E-state index contributed by atoms with van der Waals surface area (Å²) in [7, 11) is 5.46. The molecule has 0 aliphatic carbocycles. The third-order valence-electron chi connectivity index (χ3n) is 2.32. The first-order chi connectivity index (χ1) is 8.63. The molecule has 0 fully saturated rings. The number of nitrogens with zero attached hydrogens (tertiary/aromatic N) is 1. The van der Waals surface area contributed by atoms with E-state index in [1.807, 2.05) is 43.3 Å². The first-order valence-corrected chi connectivity index (χ1v) is 5.76. The number of hydrogen-bond donors (Lipinski definition) is 0. The van der Waals surface area contributed by atoms with E-state index in [2.05, 4.69) is 0 Å². The van der Waals surface area contributed by atoms with Crippen molar-refractivity contribution in [3.8, 4) is 5.75 Å². The van der Waals surface area contributed by atoms with Crippen molar-refractivity contribution in [1.82, 2.24) is 4.90 Å². The monoisotopic (exact) mass is 249 g/mol. The summed E-state index contributed by atoms with van der Waals surface area (Å²) in [6.45, 7) is 1.11. The Labute approximate surface area is 108 Å². The molecule has 0 radical (unpaired) electrons. The smallest absolute Gasteiger partial charge is 0.330 e. The van der Waals surface area contributed by atoms with Gasteiger partial charge in [-0.15, -0.1) is 0 Å². The molecule has 1 aromatic rings. The van der Waals surface area contributed by atoms with Gasteiger partial charge in [0.25, 0.3) is 0 Å². The molecule has 0 aromatic heterocycles. The summed E-state index contributed by atoms with van der Waals surface area (Å²) in [5.41, 5.74) is 0.851. The van der Waals surface area contributed by atoms with Gasteiger partial charge in [-0.05, 0) is 26.2 Å². The Bertz CT molecular complexity index is 413. The standard InChI is InChI=1S/C14H19NO3/c1-15(2)10-11-18-14(16)9-8-12-6-4-5-7-13(12)17-3/h4-9H,10-11H2,1-3H3/b9-8+. The third-order valence-corrected chi connectivity index (χ3v) is 2.32. The van der Waals surface area contributed by atoms with E-state index in [1.165, 1.54) is 6.08 Å². The fourth-order valence-corrected chi connectivity index (χ4v) is 1.34. The van der Waals surface area contributed by atoms with E-state index in [9.17, 15) is 4.79 Å². The maximum Gasteiger partial charge on any atom is 0.330 e. The molecule has 0 atom stereocenters. The molecule has 0 amide bonds. The van der Waals surface area contributed by atoms with Crippen molar-refractivity contribution >= 4 is 12.0 Å². The second-order valence-electron chi connectivity index (χ2n) is 4.05. The molecule has 98 valence electrons. The molecule has 18 heavy (non-hydrogen) atoms. The third kappa shape index (κ3) is 5.01. The lowest BCUT2D eigenvalue weighted by Crippen LogP contribution is -2.19. The number of esters is 1. The zero-order valence-corrected chi connectivity index (χ0v) is 11.1. The predicted molar refractivity (Wildman–Crippen MR) is 71.5 cm³/mol. The van der Waals surface area contributed by atoms with Crippen LogP contribution in [0.3, 0.4) is 0 Å². The highest BCUT2D eigenvalue weighted by molar-refractivity contribution is 5.87. The quantitative estimate of drug-likeness (QED) is 0.569. The number of ether oxygens (including phenoxy) is 2. The SMILES string of the molecule is COc1ccccc1/C=C/C(=O)OCCN(C)C. The van der Waals surface area contributed by atoms with Crippen molar-refractivity contribution in [2.75, 3.05) is 34.4 Å². The van der Waals surface area contributed by atoms with Crippen LogP contribution in [0.4, 0.5) is 0 Å². The van der Waals surface area contributed by atoms with Crippen LogP contribution in [0.2, 0.25) is 0 Å². The Hall–Kier alpha value is -1.81. The molecule has 1 aromatic carbocycles. The first kappa shape index (κ1) is 14.3. The van der Waals surface area contributed by atoms with Crippen molar-refractivity contribution in [3.63, 3.8) is 0 Å². The molecule has 0 aliphatic rings. The van der Waals surface area contributed by atoms with Gasteiger partial charge in [-0.3, -0.25) is 0 Å². The van der Waals surface area contributed by atoms with Crippen LogP contribution < -0.4 is 4.74 Å². The van der Waals surface area contributed by atoms with E-state index in [0.29, 0.717) is 13.2 Å². The van der Waals surface area contributed by atoms with E-state index in [0.717, 1.165) is 11.3 Å². The highest BCUT2D eigenvalue weighted by Gasteiger charge is 2.00. The summed E-state index contributed by atoms with van der Waals surface area (Å²) < 4.78 is 10.2. The highest BCUT2D eigenvalue weighted by atomic mass is 16.5. The van der Waals surface area contributed by atoms with Gasteiger partial charge in [-0.1, -0.05) is 18.2 Å². The number of para-hydroxylation sites is 1. The maximum atomic E-state index is 11.4. The predicted octanol–water partition coefficient (Wildman–Crippen LogP) is 1.81. The molecule has 0 heterocycles. The van der Waals surface area contributed by atoms with Gasteiger partial charge in [-0.2, -0.15) is 0 Å². The molecule has 0 bridgehead atoms. The van der Waals surface area contributed by atoms with Crippen LogP contribution in [-0.2, 0) is 9.53 Å². The minimum Gasteiger partial charge on any atom is -0.496 e. The van der Waals surface area contributed by atoms with Crippen molar-refractivity contribution in [2.45, 2.75) is 0 Å². The highest BCUT2D eigenvalue weighted by Crippen LogP contribution is 2.18. The minimum atomic E-state index is -0.345. The number of carbonyl (C=O) groups is 1. The van der Waals surface area contributed by atoms with Gasteiger partial charge in [0, 0.05) is 18.2 Å². The summed E-state index contributed by atoms with van der Waals surface area (Å²) in [6.07, 6.45) is 3.10. The Morgan fingerprint density at radius 3 is 2.72 bits per heavy atom. The fourth-order valence-electron chi connectivity index (χ4n) is 1.34. The van der Waals surface area contributed by atoms with Crippen LogP contribution in [0.15, 0.2) is 30.3 Å². The zero-order chi connectivity index (χ0) is 13.4. The summed E-state index contributed by atoms with van der Waals surface area (Å²) in [5, 5.41) is 0. The van der Waals surface area contributed by atoms with Crippen molar-refractivity contribution in [2.24, 2.45) is 0 Å². The minimum absolute atomic E-state index is 0.345. The normalized spacial score (nSPS) is 10.9. The van der Waals surface area contributed by atoms with E-state index in [-0.39, 0.29) is 5.97 Å². The van der Waals surface area contributed by atoms with E-state index in [4.69, 9.17) is 9.47 Å². The number of likely N-dealkylation sites (N-methyl/N-ethyl adjacent to an activating group) is 1. The zero-order valence-electron chi connectivity index (χ0n) is 11.1. The lowest BCUT2D eigenvalue weighted by Gasteiger charge is -2.08. The number of rotatable bonds is 6. The van der Waals surface area contributed by atoms with Gasteiger partial charge in [0.15, 0.2) is 0 Å². The van der Waals surface area contributed by atoms with Crippen LogP contribution in [0.25, 0.3) is 6.08 Å². The average molecular weight is 249 g/mol. The Morgan fingerprint density at radius 2 is 2.06 bits per heavy atom. The molecule has 0 spiro atoms. The maximum absolute atomic E-state index is 11.4. The molecule has 4 nitrogen and oxygen atoms in total. The number of benzene rings is 1. The molecule has 0 N–H and O–H groups in total. The largest absolute Gasteiger partial charge is 0.496 e. The lowest BCUT2D eigenvalue weighted by molar-refractivity contribution is -0.137. The van der Waals surface area contributed by atoms with Gasteiger partial charge in [-0.25, -0.2) is 4.79 Å². The van der Waals surface area contributed by atoms with Gasteiger partial charge < -0.3 is 14.4 Å². The van der Waals surface area contributed by atoms with E-state index < -0.39 is 0 Å². The summed E-state index contributed by atoms with van der Waals surface area (Å²) in [4.78, 5) is 13.4. The molecule has 0 unspecified atom stereocenters. The second kappa shape index (κ2) is 7.50. The van der Waals surface area contributed by atoms with Gasteiger partial charge in [0.2, 0.25) is 0 Å². The topological polar surface area (TPSA) is 38.8 Å². The molecule has 1 rings (SSSR count). The van der Waals surface area contributed by atoms with E-state index >= 15 is 0 Å². The fraction of sp³-hybridized carbons (Fsp3) is 0.357. The van der Waals surface area contributed by atoms with Crippen molar-refractivity contribution < 1.29 is 14.3 Å². The molecular weight excluding hydrogens is 230 g/mol. The molecular formula is C14H19NO3. The molecule has 4 heteroatoms.